The number of fused-ring (bicyclic) bond motifs is 6. The van der Waals surface area contributed by atoms with Crippen LogP contribution in [-0.2, 0) is 28.4 Å². The van der Waals surface area contributed by atoms with Gasteiger partial charge in [-0.2, -0.15) is 0 Å². The van der Waals surface area contributed by atoms with Crippen LogP contribution >= 0.6 is 0 Å². The van der Waals surface area contributed by atoms with Gasteiger partial charge in [-0.3, -0.25) is 0 Å². The largest absolute Gasteiger partial charge is 0.459 e. The fourth-order valence-corrected chi connectivity index (χ4v) is 8.42. The van der Waals surface area contributed by atoms with E-state index in [0.29, 0.717) is 70.8 Å². The van der Waals surface area contributed by atoms with E-state index >= 15 is 0 Å². The summed E-state index contributed by atoms with van der Waals surface area (Å²) in [5.74, 6) is -4.54. The topological polar surface area (TPSA) is 158 Å². The molecule has 0 aliphatic heterocycles. The van der Waals surface area contributed by atoms with Gasteiger partial charge in [0, 0.05) is 0 Å². The molecule has 0 N–H and O–H groups in total. The predicted molar refractivity (Wildman–Crippen MR) is 258 cm³/mol. The van der Waals surface area contributed by atoms with Crippen molar-refractivity contribution in [3.05, 3.63) is 69.8 Å². The van der Waals surface area contributed by atoms with Gasteiger partial charge >= 0.3 is 35.8 Å². The summed E-state index contributed by atoms with van der Waals surface area (Å²) in [6, 6.07) is 9.20. The summed E-state index contributed by atoms with van der Waals surface area (Å²) in [5, 5.41) is 2.28. The third kappa shape index (κ3) is 13.3. The van der Waals surface area contributed by atoms with Crippen LogP contribution in [0.3, 0.4) is 0 Å². The van der Waals surface area contributed by atoms with E-state index in [1.54, 1.807) is 41.5 Å². The quantitative estimate of drug-likeness (QED) is 0.0373. The summed E-state index contributed by atoms with van der Waals surface area (Å²) in [6.07, 6.45) is 5.09. The van der Waals surface area contributed by atoms with Crippen LogP contribution in [0, 0.1) is 0 Å². The molecule has 4 aromatic rings. The first-order valence-corrected chi connectivity index (χ1v) is 24.2. The summed E-state index contributed by atoms with van der Waals surface area (Å²) >= 11 is 0. The number of ether oxygens (including phenoxy) is 6. The van der Waals surface area contributed by atoms with Gasteiger partial charge in [-0.05, 0) is 149 Å². The maximum Gasteiger partial charge on any atom is 0.339 e. The summed E-state index contributed by atoms with van der Waals surface area (Å²) in [6.45, 7) is 22.5. The number of rotatable bonds is 24. The zero-order chi connectivity index (χ0) is 48.8. The number of hydrogen-bond donors (Lipinski definition) is 0. The van der Waals surface area contributed by atoms with Crippen molar-refractivity contribution in [2.45, 2.75) is 197 Å². The highest BCUT2D eigenvalue weighted by Crippen LogP contribution is 2.41. The highest BCUT2D eigenvalue weighted by atomic mass is 16.6. The van der Waals surface area contributed by atoms with Gasteiger partial charge in [0.2, 0.25) is 0 Å². The highest BCUT2D eigenvalue weighted by molar-refractivity contribution is 6.30. The molecule has 0 bridgehead atoms. The first kappa shape index (κ1) is 53.1. The minimum absolute atomic E-state index is 0.0736. The van der Waals surface area contributed by atoms with E-state index in [9.17, 15) is 28.8 Å². The van der Waals surface area contributed by atoms with Crippen molar-refractivity contribution in [2.75, 3.05) is 0 Å². The smallest absolute Gasteiger partial charge is 0.339 e. The molecule has 0 saturated heterocycles. The molecule has 6 atom stereocenters. The Balaban J connectivity index is 2.31. The van der Waals surface area contributed by atoms with Crippen molar-refractivity contribution in [2.24, 2.45) is 0 Å². The van der Waals surface area contributed by atoms with Crippen molar-refractivity contribution in [3.63, 3.8) is 0 Å². The van der Waals surface area contributed by atoms with Crippen LogP contribution in [0.2, 0.25) is 0 Å². The Hall–Kier alpha value is -5.52. The van der Waals surface area contributed by atoms with Crippen LogP contribution in [0.1, 0.15) is 222 Å². The Labute approximate surface area is 390 Å². The van der Waals surface area contributed by atoms with Crippen LogP contribution in [0.25, 0.3) is 32.3 Å². The van der Waals surface area contributed by atoms with Crippen LogP contribution in [0.5, 0.6) is 0 Å². The molecule has 66 heavy (non-hydrogen) atoms. The molecule has 4 aromatic carbocycles. The Bertz CT molecular complexity index is 1930. The van der Waals surface area contributed by atoms with Crippen LogP contribution in [-0.4, -0.2) is 72.4 Å². The molecule has 0 aliphatic carbocycles. The number of hydrogen-bond acceptors (Lipinski definition) is 12. The van der Waals surface area contributed by atoms with Crippen LogP contribution in [0.15, 0.2) is 36.4 Å². The SMILES string of the molecule is CCC[C@H](C)OC(=O)c1cc2c3cc(C(=O)O[C@@H](C)CCC)c(C(=O)O[C@@H](C)CCC)cc3c3cc(C(=O)O[C@@H](C)CCC)c(C(=O)O[C@@H](C)CCC)cc3c2cc1C(=O)O[C@@H](C)CCC. The van der Waals surface area contributed by atoms with Gasteiger partial charge in [0.25, 0.3) is 0 Å². The number of carbonyl (C=O) groups is 6. The average molecular weight is 913 g/mol. The Morgan fingerprint density at radius 2 is 0.409 bits per heavy atom. The summed E-state index contributed by atoms with van der Waals surface area (Å²) in [5.41, 5.74) is -0.442. The molecule has 360 valence electrons. The molecule has 0 saturated carbocycles. The molecule has 0 amide bonds. The summed E-state index contributed by atoms with van der Waals surface area (Å²) < 4.78 is 35.4. The third-order valence-corrected chi connectivity index (χ3v) is 11.7. The minimum atomic E-state index is -0.757. The van der Waals surface area contributed by atoms with E-state index in [2.05, 4.69) is 0 Å². The molecular weight excluding hydrogens is 841 g/mol. The van der Waals surface area contributed by atoms with Crippen molar-refractivity contribution in [1.82, 2.24) is 0 Å². The minimum Gasteiger partial charge on any atom is -0.459 e. The van der Waals surface area contributed by atoms with E-state index < -0.39 is 72.4 Å². The third-order valence-electron chi connectivity index (χ3n) is 11.7. The lowest BCUT2D eigenvalue weighted by atomic mass is 9.87. The lowest BCUT2D eigenvalue weighted by Gasteiger charge is -2.21. The fraction of sp³-hybridized carbons (Fsp3) is 0.556. The van der Waals surface area contributed by atoms with E-state index in [-0.39, 0.29) is 33.4 Å². The zero-order valence-electron chi connectivity index (χ0n) is 41.3. The standard InChI is InChI=1S/C54H72O12/c1-13-19-31(7)61-49(55)43-25-37-38(26-44(43)50(56)62-32(8)20-14-2)40-28-46(52(58)64-34(10)22-16-4)48(54(60)66-36(12)24-18-6)30-42(40)41-29-47(53(59)65-35(11)23-17-5)45(27-39(37)41)51(57)63-33(9)21-15-3/h25-36H,13-24H2,1-12H3/t31-,32-,33-,34-,35-,36-/m0/s1. The van der Waals surface area contributed by atoms with Gasteiger partial charge in [0.1, 0.15) is 0 Å². The molecule has 12 nitrogen and oxygen atoms in total. The predicted octanol–water partition coefficient (Wildman–Crippen LogP) is 13.2. The van der Waals surface area contributed by atoms with Gasteiger partial charge in [0.15, 0.2) is 0 Å². The lowest BCUT2D eigenvalue weighted by Crippen LogP contribution is -2.22. The Morgan fingerprint density at radius 1 is 0.288 bits per heavy atom. The van der Waals surface area contributed by atoms with Gasteiger partial charge in [0.05, 0.1) is 70.0 Å². The molecule has 12 heteroatoms. The van der Waals surface area contributed by atoms with Crippen LogP contribution < -0.4 is 0 Å². The molecular formula is C54H72O12. The van der Waals surface area contributed by atoms with E-state index in [1.807, 2.05) is 41.5 Å². The first-order chi connectivity index (χ1) is 31.4. The molecule has 0 radical (unpaired) electrons. The molecule has 4 rings (SSSR count). The van der Waals surface area contributed by atoms with Crippen molar-refractivity contribution < 1.29 is 57.2 Å². The maximum absolute atomic E-state index is 14.2. The van der Waals surface area contributed by atoms with Gasteiger partial charge in [-0.25, -0.2) is 28.8 Å². The van der Waals surface area contributed by atoms with Gasteiger partial charge in [-0.1, -0.05) is 80.1 Å². The number of carbonyl (C=O) groups excluding carboxylic acids is 6. The van der Waals surface area contributed by atoms with E-state index in [1.165, 1.54) is 36.4 Å². The molecule has 0 heterocycles. The highest BCUT2D eigenvalue weighted by Gasteiger charge is 2.31. The molecule has 0 fully saturated rings. The van der Waals surface area contributed by atoms with Crippen molar-refractivity contribution in [3.8, 4) is 0 Å². The Morgan fingerprint density at radius 3 is 0.515 bits per heavy atom. The second-order valence-electron chi connectivity index (χ2n) is 17.9. The van der Waals surface area contributed by atoms with E-state index in [4.69, 9.17) is 28.4 Å². The zero-order valence-corrected chi connectivity index (χ0v) is 41.3. The lowest BCUT2D eigenvalue weighted by molar-refractivity contribution is 0.0274. The molecule has 0 aliphatic rings. The number of benzene rings is 4. The van der Waals surface area contributed by atoms with Crippen molar-refractivity contribution >= 4 is 68.1 Å². The first-order valence-electron chi connectivity index (χ1n) is 24.2. The summed E-state index contributed by atoms with van der Waals surface area (Å²) in [7, 11) is 0. The molecule has 0 unspecified atom stereocenters. The van der Waals surface area contributed by atoms with Gasteiger partial charge < -0.3 is 28.4 Å². The van der Waals surface area contributed by atoms with Crippen molar-refractivity contribution in [1.29, 1.82) is 0 Å². The summed E-state index contributed by atoms with van der Waals surface area (Å²) in [4.78, 5) is 85.5. The normalized spacial score (nSPS) is 14.2. The maximum atomic E-state index is 14.2. The molecule has 0 spiro atoms. The Kier molecular flexibility index (Phi) is 20.0. The monoisotopic (exact) mass is 913 g/mol. The average Bonchev–Trinajstić information content (AvgIpc) is 3.25. The number of esters is 6. The second-order valence-corrected chi connectivity index (χ2v) is 17.9. The van der Waals surface area contributed by atoms with Gasteiger partial charge in [-0.15, -0.1) is 0 Å². The second kappa shape index (κ2) is 24.8. The van der Waals surface area contributed by atoms with Crippen LogP contribution in [0.4, 0.5) is 0 Å². The van der Waals surface area contributed by atoms with E-state index in [0.717, 1.165) is 38.5 Å². The molecule has 0 aromatic heterocycles. The fourth-order valence-electron chi connectivity index (χ4n) is 8.42.